The molecule has 6 nitrogen and oxygen atoms in total. The molecule has 0 amide bonds. The normalized spacial score (nSPS) is 22.1. The van der Waals surface area contributed by atoms with E-state index in [1.165, 1.54) is 24.3 Å². The van der Waals surface area contributed by atoms with Crippen LogP contribution in [0.2, 0.25) is 0 Å². The van der Waals surface area contributed by atoms with Gasteiger partial charge in [-0.05, 0) is 43.0 Å². The number of hydrogen-bond donors (Lipinski definition) is 2. The molecule has 0 aliphatic heterocycles. The maximum atomic E-state index is 12.3. The number of aliphatic carboxylic acids is 1. The number of benzene rings is 1. The van der Waals surface area contributed by atoms with Crippen LogP contribution in [-0.4, -0.2) is 32.1 Å². The number of nitrogens with one attached hydrogen (secondary N) is 1. The van der Waals surface area contributed by atoms with Crippen molar-refractivity contribution in [3.05, 3.63) is 24.3 Å². The van der Waals surface area contributed by atoms with Gasteiger partial charge in [-0.15, -0.1) is 0 Å². The fourth-order valence-corrected chi connectivity index (χ4v) is 3.83. The highest BCUT2D eigenvalue weighted by Crippen LogP contribution is 2.26. The van der Waals surface area contributed by atoms with E-state index in [4.69, 9.17) is 9.84 Å². The highest BCUT2D eigenvalue weighted by molar-refractivity contribution is 7.89. The smallest absolute Gasteiger partial charge is 0.341 e. The summed E-state index contributed by atoms with van der Waals surface area (Å²) < 4.78 is 32.2. The van der Waals surface area contributed by atoms with Crippen molar-refractivity contribution in [2.45, 2.75) is 37.1 Å². The first-order chi connectivity index (χ1) is 9.88. The van der Waals surface area contributed by atoms with Crippen molar-refractivity contribution in [2.75, 3.05) is 6.61 Å². The number of sulfonamides is 1. The average Bonchev–Trinajstić information content (AvgIpc) is 2.82. The summed E-state index contributed by atoms with van der Waals surface area (Å²) in [4.78, 5) is 10.5. The molecular weight excluding hydrogens is 294 g/mol. The van der Waals surface area contributed by atoms with E-state index in [0.29, 0.717) is 11.7 Å². The Balaban J connectivity index is 2.04. The average molecular weight is 313 g/mol. The Labute approximate surface area is 124 Å². The third-order valence-corrected chi connectivity index (χ3v) is 5.17. The molecule has 0 heterocycles. The molecule has 7 heteroatoms. The molecule has 0 aromatic heterocycles. The first-order valence-electron chi connectivity index (χ1n) is 6.85. The Kier molecular flexibility index (Phi) is 4.84. The van der Waals surface area contributed by atoms with E-state index in [1.54, 1.807) is 0 Å². The Bertz CT molecular complexity index is 596. The second kappa shape index (κ2) is 6.44. The predicted octanol–water partition coefficient (Wildman–Crippen LogP) is 1.62. The number of carboxylic acid groups (broad SMARTS) is 1. The molecule has 21 heavy (non-hydrogen) atoms. The zero-order chi connectivity index (χ0) is 15.5. The molecule has 2 N–H and O–H groups in total. The molecule has 2 unspecified atom stereocenters. The molecule has 1 aliphatic carbocycles. The monoisotopic (exact) mass is 313 g/mol. The minimum atomic E-state index is -3.55. The molecule has 0 bridgehead atoms. The molecular formula is C14H19NO5S. The van der Waals surface area contributed by atoms with Gasteiger partial charge in [-0.2, -0.15) is 0 Å². The number of carboxylic acids is 1. The van der Waals surface area contributed by atoms with Crippen LogP contribution in [0.15, 0.2) is 29.2 Å². The van der Waals surface area contributed by atoms with Crippen molar-refractivity contribution in [2.24, 2.45) is 5.92 Å². The first kappa shape index (κ1) is 15.8. The van der Waals surface area contributed by atoms with Crippen molar-refractivity contribution in [1.29, 1.82) is 0 Å². The highest BCUT2D eigenvalue weighted by Gasteiger charge is 2.28. The van der Waals surface area contributed by atoms with Crippen LogP contribution in [0.3, 0.4) is 0 Å². The number of rotatable bonds is 6. The van der Waals surface area contributed by atoms with Crippen LogP contribution in [0.4, 0.5) is 0 Å². The molecule has 116 valence electrons. The molecule has 1 fully saturated rings. The van der Waals surface area contributed by atoms with Crippen LogP contribution >= 0.6 is 0 Å². The topological polar surface area (TPSA) is 92.7 Å². The van der Waals surface area contributed by atoms with Gasteiger partial charge >= 0.3 is 5.97 Å². The Morgan fingerprint density at radius 1 is 1.33 bits per heavy atom. The van der Waals surface area contributed by atoms with Crippen molar-refractivity contribution in [1.82, 2.24) is 4.72 Å². The van der Waals surface area contributed by atoms with E-state index >= 15 is 0 Å². The summed E-state index contributed by atoms with van der Waals surface area (Å²) >= 11 is 0. The van der Waals surface area contributed by atoms with Crippen LogP contribution in [0.5, 0.6) is 5.75 Å². The lowest BCUT2D eigenvalue weighted by atomic mass is 10.1. The zero-order valence-corrected chi connectivity index (χ0v) is 12.6. The summed E-state index contributed by atoms with van der Waals surface area (Å²) in [7, 11) is -3.55. The van der Waals surface area contributed by atoms with E-state index in [0.717, 1.165) is 19.3 Å². The lowest BCUT2D eigenvalue weighted by Gasteiger charge is -2.17. The van der Waals surface area contributed by atoms with Gasteiger partial charge in [0.05, 0.1) is 4.90 Å². The highest BCUT2D eigenvalue weighted by atomic mass is 32.2. The lowest BCUT2D eigenvalue weighted by molar-refractivity contribution is -0.139. The summed E-state index contributed by atoms with van der Waals surface area (Å²) in [5, 5.41) is 8.51. The maximum absolute atomic E-state index is 12.3. The molecule has 1 saturated carbocycles. The molecule has 1 aliphatic rings. The number of carbonyl (C=O) groups is 1. The molecule has 1 aromatic rings. The van der Waals surface area contributed by atoms with Crippen molar-refractivity contribution in [3.63, 3.8) is 0 Å². The quantitative estimate of drug-likeness (QED) is 0.832. The number of hydrogen-bond acceptors (Lipinski definition) is 4. The van der Waals surface area contributed by atoms with E-state index in [2.05, 4.69) is 4.72 Å². The van der Waals surface area contributed by atoms with Crippen LogP contribution in [-0.2, 0) is 14.8 Å². The summed E-state index contributed by atoms with van der Waals surface area (Å²) in [6.45, 7) is 1.59. The summed E-state index contributed by atoms with van der Waals surface area (Å²) in [5.74, 6) is -0.410. The number of ether oxygens (including phenoxy) is 1. The van der Waals surface area contributed by atoms with Gasteiger partial charge in [0, 0.05) is 6.04 Å². The second-order valence-corrected chi connectivity index (χ2v) is 7.00. The van der Waals surface area contributed by atoms with Crippen molar-refractivity contribution in [3.8, 4) is 5.75 Å². The second-order valence-electron chi connectivity index (χ2n) is 5.29. The summed E-state index contributed by atoms with van der Waals surface area (Å²) in [6.07, 6.45) is 2.94. The summed E-state index contributed by atoms with van der Waals surface area (Å²) in [5.41, 5.74) is 0. The Hall–Kier alpha value is -1.60. The fraction of sp³-hybridized carbons (Fsp3) is 0.500. The Morgan fingerprint density at radius 3 is 2.52 bits per heavy atom. The minimum absolute atomic E-state index is 0.0158. The van der Waals surface area contributed by atoms with Gasteiger partial charge in [-0.1, -0.05) is 13.3 Å². The van der Waals surface area contributed by atoms with E-state index in [9.17, 15) is 13.2 Å². The molecule has 0 radical (unpaired) electrons. The van der Waals surface area contributed by atoms with Crippen LogP contribution in [0, 0.1) is 5.92 Å². The summed E-state index contributed by atoms with van der Waals surface area (Å²) in [6, 6.07) is 5.72. The van der Waals surface area contributed by atoms with Crippen LogP contribution in [0.1, 0.15) is 26.2 Å². The van der Waals surface area contributed by atoms with E-state index in [1.807, 2.05) is 6.92 Å². The van der Waals surface area contributed by atoms with Gasteiger partial charge < -0.3 is 9.84 Å². The van der Waals surface area contributed by atoms with E-state index < -0.39 is 22.6 Å². The van der Waals surface area contributed by atoms with Crippen molar-refractivity contribution >= 4 is 16.0 Å². The van der Waals surface area contributed by atoms with Gasteiger partial charge in [-0.3, -0.25) is 0 Å². The third-order valence-electron chi connectivity index (χ3n) is 3.66. The standard InChI is InChI=1S/C14H19NO5S/c1-10-3-2-4-13(10)15-21(18,19)12-7-5-11(6-8-12)20-9-14(16)17/h5-8,10,13,15H,2-4,9H2,1H3,(H,16,17). The SMILES string of the molecule is CC1CCCC1NS(=O)(=O)c1ccc(OCC(=O)O)cc1. The van der Waals surface area contributed by atoms with Gasteiger partial charge in [0.15, 0.2) is 6.61 Å². The van der Waals surface area contributed by atoms with Gasteiger partial charge in [0.2, 0.25) is 10.0 Å². The van der Waals surface area contributed by atoms with Crippen LogP contribution in [0.25, 0.3) is 0 Å². The van der Waals surface area contributed by atoms with Gasteiger partial charge in [0.25, 0.3) is 0 Å². The van der Waals surface area contributed by atoms with E-state index in [-0.39, 0.29) is 10.9 Å². The van der Waals surface area contributed by atoms with Gasteiger partial charge in [0.1, 0.15) is 5.75 Å². The molecule has 1 aromatic carbocycles. The molecule has 0 saturated heterocycles. The van der Waals surface area contributed by atoms with Gasteiger partial charge in [-0.25, -0.2) is 17.9 Å². The first-order valence-corrected chi connectivity index (χ1v) is 8.34. The zero-order valence-electron chi connectivity index (χ0n) is 11.8. The minimum Gasteiger partial charge on any atom is -0.482 e. The fourth-order valence-electron chi connectivity index (χ4n) is 2.45. The Morgan fingerprint density at radius 2 is 2.00 bits per heavy atom. The molecule has 0 spiro atoms. The lowest BCUT2D eigenvalue weighted by Crippen LogP contribution is -2.36. The largest absolute Gasteiger partial charge is 0.482 e. The molecule has 2 rings (SSSR count). The van der Waals surface area contributed by atoms with Crippen LogP contribution < -0.4 is 9.46 Å². The maximum Gasteiger partial charge on any atom is 0.341 e. The van der Waals surface area contributed by atoms with Crippen molar-refractivity contribution < 1.29 is 23.1 Å². The molecule has 2 atom stereocenters. The third kappa shape index (κ3) is 4.18. The predicted molar refractivity (Wildman–Crippen MR) is 76.7 cm³/mol.